The first-order valence-electron chi connectivity index (χ1n) is 8.33. The number of benzene rings is 1. The molecule has 1 saturated heterocycles. The summed E-state index contributed by atoms with van der Waals surface area (Å²) in [5.41, 5.74) is 2.13. The predicted octanol–water partition coefficient (Wildman–Crippen LogP) is 2.72. The van der Waals surface area contributed by atoms with Gasteiger partial charge in [-0.25, -0.2) is 0 Å². The number of hydrogen-bond donors (Lipinski definition) is 1. The Morgan fingerprint density at radius 2 is 1.64 bits per heavy atom. The molecule has 25 heavy (non-hydrogen) atoms. The van der Waals surface area contributed by atoms with E-state index in [-0.39, 0.29) is 17.6 Å². The first-order valence-corrected chi connectivity index (χ1v) is 8.33. The zero-order chi connectivity index (χ0) is 18.0. The zero-order valence-electron chi connectivity index (χ0n) is 14.4. The molecule has 2 amide bonds. The van der Waals surface area contributed by atoms with E-state index in [4.69, 9.17) is 0 Å². The number of nitrogens with one attached hydrogen (secondary N) is 1. The molecule has 0 spiro atoms. The highest BCUT2D eigenvalue weighted by molar-refractivity contribution is 6.05. The molecule has 130 valence electrons. The molecule has 1 N–H and O–H groups in total. The third-order valence-electron chi connectivity index (χ3n) is 4.43. The standard InChI is InChI=1S/C19H21N3O3/c1-13(23)15-11-17(21(2)12-15)18(24)20-16-7-5-14(6-8-16)19(25)22-9-3-4-10-22/h5-8,11-12H,3-4,9-10H2,1-2H3,(H,20,24). The van der Waals surface area contributed by atoms with Crippen molar-refractivity contribution in [2.45, 2.75) is 19.8 Å². The molecule has 0 radical (unpaired) electrons. The van der Waals surface area contributed by atoms with Crippen LogP contribution in [0.2, 0.25) is 0 Å². The third-order valence-corrected chi connectivity index (χ3v) is 4.43. The summed E-state index contributed by atoms with van der Waals surface area (Å²) in [6.07, 6.45) is 3.74. The molecular weight excluding hydrogens is 318 g/mol. The Morgan fingerprint density at radius 3 is 2.20 bits per heavy atom. The number of likely N-dealkylation sites (tertiary alicyclic amines) is 1. The van der Waals surface area contributed by atoms with E-state index >= 15 is 0 Å². The summed E-state index contributed by atoms with van der Waals surface area (Å²) in [7, 11) is 1.72. The Balaban J connectivity index is 1.69. The van der Waals surface area contributed by atoms with E-state index in [1.165, 1.54) is 6.92 Å². The quantitative estimate of drug-likeness (QED) is 0.871. The highest BCUT2D eigenvalue weighted by Crippen LogP contribution is 2.17. The number of aromatic nitrogens is 1. The van der Waals surface area contributed by atoms with Gasteiger partial charge in [0, 0.05) is 43.1 Å². The summed E-state index contributed by atoms with van der Waals surface area (Å²) < 4.78 is 1.62. The van der Waals surface area contributed by atoms with Crippen molar-refractivity contribution in [2.24, 2.45) is 7.05 Å². The van der Waals surface area contributed by atoms with E-state index in [1.54, 1.807) is 48.1 Å². The lowest BCUT2D eigenvalue weighted by atomic mass is 10.2. The number of amides is 2. The molecule has 0 bridgehead atoms. The van der Waals surface area contributed by atoms with Crippen LogP contribution >= 0.6 is 0 Å². The molecule has 1 aromatic heterocycles. The molecule has 0 aliphatic carbocycles. The Kier molecular flexibility index (Phi) is 4.70. The Bertz CT molecular complexity index is 815. The number of hydrogen-bond acceptors (Lipinski definition) is 3. The highest BCUT2D eigenvalue weighted by atomic mass is 16.2. The first-order chi connectivity index (χ1) is 12.0. The minimum absolute atomic E-state index is 0.0314. The minimum Gasteiger partial charge on any atom is -0.346 e. The second kappa shape index (κ2) is 6.93. The summed E-state index contributed by atoms with van der Waals surface area (Å²) in [6.45, 7) is 3.08. The SMILES string of the molecule is CC(=O)c1cc(C(=O)Nc2ccc(C(=O)N3CCCC3)cc2)n(C)c1. The number of nitrogens with zero attached hydrogens (tertiary/aromatic N) is 2. The van der Waals surface area contributed by atoms with Crippen LogP contribution in [0.4, 0.5) is 5.69 Å². The van der Waals surface area contributed by atoms with Crippen molar-refractivity contribution in [3.8, 4) is 0 Å². The number of carbonyl (C=O) groups is 3. The van der Waals surface area contributed by atoms with E-state index in [2.05, 4.69) is 5.32 Å². The van der Waals surface area contributed by atoms with Crippen molar-refractivity contribution in [1.29, 1.82) is 0 Å². The molecule has 0 unspecified atom stereocenters. The van der Waals surface area contributed by atoms with Crippen molar-refractivity contribution < 1.29 is 14.4 Å². The maximum absolute atomic E-state index is 12.4. The fourth-order valence-corrected chi connectivity index (χ4v) is 2.98. The zero-order valence-corrected chi connectivity index (χ0v) is 14.4. The fraction of sp³-hybridized carbons (Fsp3) is 0.316. The molecule has 6 nitrogen and oxygen atoms in total. The maximum atomic E-state index is 12.4. The molecule has 3 rings (SSSR count). The lowest BCUT2D eigenvalue weighted by molar-refractivity contribution is 0.0792. The van der Waals surface area contributed by atoms with Gasteiger partial charge in [-0.3, -0.25) is 14.4 Å². The average molecular weight is 339 g/mol. The van der Waals surface area contributed by atoms with Crippen LogP contribution in [0, 0.1) is 0 Å². The van der Waals surface area contributed by atoms with Gasteiger partial charge in [-0.15, -0.1) is 0 Å². The number of carbonyl (C=O) groups excluding carboxylic acids is 3. The average Bonchev–Trinajstić information content (AvgIpc) is 3.24. The van der Waals surface area contributed by atoms with Gasteiger partial charge < -0.3 is 14.8 Å². The van der Waals surface area contributed by atoms with Crippen LogP contribution in [0.15, 0.2) is 36.5 Å². The van der Waals surface area contributed by atoms with Crippen molar-refractivity contribution in [3.63, 3.8) is 0 Å². The number of aryl methyl sites for hydroxylation is 1. The predicted molar refractivity (Wildman–Crippen MR) is 95.0 cm³/mol. The Morgan fingerprint density at radius 1 is 1.00 bits per heavy atom. The summed E-state index contributed by atoms with van der Waals surface area (Å²) >= 11 is 0. The molecule has 1 aromatic carbocycles. The van der Waals surface area contributed by atoms with Gasteiger partial charge in [-0.1, -0.05) is 0 Å². The molecule has 0 saturated carbocycles. The molecule has 1 aliphatic heterocycles. The van der Waals surface area contributed by atoms with E-state index in [1.807, 2.05) is 4.90 Å². The van der Waals surface area contributed by atoms with Crippen LogP contribution in [0.5, 0.6) is 0 Å². The van der Waals surface area contributed by atoms with Gasteiger partial charge in [0.05, 0.1) is 0 Å². The van der Waals surface area contributed by atoms with Crippen molar-refractivity contribution in [3.05, 3.63) is 53.3 Å². The van der Waals surface area contributed by atoms with Gasteiger partial charge in [0.1, 0.15) is 5.69 Å². The summed E-state index contributed by atoms with van der Waals surface area (Å²) in [6, 6.07) is 8.46. The van der Waals surface area contributed by atoms with Crippen LogP contribution in [0.1, 0.15) is 51.0 Å². The maximum Gasteiger partial charge on any atom is 0.272 e. The molecule has 1 fully saturated rings. The smallest absolute Gasteiger partial charge is 0.272 e. The highest BCUT2D eigenvalue weighted by Gasteiger charge is 2.19. The number of Topliss-reactive ketones (excluding diaryl/α,β-unsaturated/α-hetero) is 1. The Hall–Kier alpha value is -2.89. The third kappa shape index (κ3) is 3.63. The second-order valence-corrected chi connectivity index (χ2v) is 6.31. The summed E-state index contributed by atoms with van der Waals surface area (Å²) in [4.78, 5) is 38.0. The summed E-state index contributed by atoms with van der Waals surface area (Å²) in [5, 5.41) is 2.79. The Labute approximate surface area is 146 Å². The molecule has 2 aromatic rings. The van der Waals surface area contributed by atoms with Gasteiger partial charge in [0.25, 0.3) is 11.8 Å². The van der Waals surface area contributed by atoms with Crippen LogP contribution in [-0.4, -0.2) is 40.2 Å². The number of ketones is 1. The number of rotatable bonds is 4. The van der Waals surface area contributed by atoms with Crippen molar-refractivity contribution in [1.82, 2.24) is 9.47 Å². The van der Waals surface area contributed by atoms with Crippen LogP contribution in [0.3, 0.4) is 0 Å². The second-order valence-electron chi connectivity index (χ2n) is 6.31. The fourth-order valence-electron chi connectivity index (χ4n) is 2.98. The van der Waals surface area contributed by atoms with E-state index in [9.17, 15) is 14.4 Å². The van der Waals surface area contributed by atoms with Gasteiger partial charge in [-0.2, -0.15) is 0 Å². The minimum atomic E-state index is -0.298. The van der Waals surface area contributed by atoms with E-state index in [0.29, 0.717) is 22.5 Å². The molecule has 0 atom stereocenters. The normalized spacial score (nSPS) is 13.8. The van der Waals surface area contributed by atoms with Gasteiger partial charge in [0.15, 0.2) is 5.78 Å². The first kappa shape index (κ1) is 17.0. The van der Waals surface area contributed by atoms with Crippen molar-refractivity contribution >= 4 is 23.3 Å². The summed E-state index contributed by atoms with van der Waals surface area (Å²) in [5.74, 6) is -0.350. The van der Waals surface area contributed by atoms with Crippen LogP contribution in [0.25, 0.3) is 0 Å². The topological polar surface area (TPSA) is 71.4 Å². The monoisotopic (exact) mass is 339 g/mol. The van der Waals surface area contributed by atoms with Crippen molar-refractivity contribution in [2.75, 3.05) is 18.4 Å². The van der Waals surface area contributed by atoms with Gasteiger partial charge in [0.2, 0.25) is 0 Å². The van der Waals surface area contributed by atoms with E-state index in [0.717, 1.165) is 25.9 Å². The lowest BCUT2D eigenvalue weighted by Crippen LogP contribution is -2.27. The van der Waals surface area contributed by atoms with Gasteiger partial charge >= 0.3 is 0 Å². The van der Waals surface area contributed by atoms with Crippen LogP contribution in [-0.2, 0) is 7.05 Å². The molecule has 2 heterocycles. The molecule has 1 aliphatic rings. The van der Waals surface area contributed by atoms with Crippen LogP contribution < -0.4 is 5.32 Å². The molecule has 6 heteroatoms. The number of anilines is 1. The van der Waals surface area contributed by atoms with E-state index < -0.39 is 0 Å². The largest absolute Gasteiger partial charge is 0.346 e. The lowest BCUT2D eigenvalue weighted by Gasteiger charge is -2.15. The van der Waals surface area contributed by atoms with Gasteiger partial charge in [-0.05, 0) is 50.1 Å². The molecular formula is C19H21N3O3.